The maximum absolute atomic E-state index is 8.16. The molecule has 0 radical (unpaired) electrons. The molecule has 1 rings (SSSR count). The molecule has 1 fully saturated rings. The molecule has 0 aromatic rings. The molecular weight excluding hydrogens is 107 g/mol. The van der Waals surface area contributed by atoms with Crippen molar-refractivity contribution < 1.29 is 4.79 Å². The molecule has 0 amide bonds. The summed E-state index contributed by atoms with van der Waals surface area (Å²) in [6.45, 7) is 0. The van der Waals surface area contributed by atoms with Crippen LogP contribution in [0.15, 0.2) is 0 Å². The van der Waals surface area contributed by atoms with Gasteiger partial charge in [0, 0.05) is 6.42 Å². The lowest BCUT2D eigenvalue weighted by Gasteiger charge is -1.68. The standard InChI is InChI=1S/C4H7N2P/c5-6-4-2-1-3-7-4/h7H,1-3H2. The molecule has 1 saturated heterocycles. The third-order valence-electron chi connectivity index (χ3n) is 1.04. The first-order valence-electron chi connectivity index (χ1n) is 2.38. The fourth-order valence-corrected chi connectivity index (χ4v) is 1.73. The second-order valence-corrected chi connectivity index (χ2v) is 3.01. The topological polar surface area (TPSA) is 36.4 Å². The van der Waals surface area contributed by atoms with Crippen LogP contribution in [0.5, 0.6) is 0 Å². The molecule has 0 aliphatic carbocycles. The first-order chi connectivity index (χ1) is 3.43. The molecular formula is C4H7N2P. The van der Waals surface area contributed by atoms with Gasteiger partial charge in [-0.1, -0.05) is 0 Å². The summed E-state index contributed by atoms with van der Waals surface area (Å²) in [5.41, 5.74) is 9.16. The van der Waals surface area contributed by atoms with E-state index in [-0.39, 0.29) is 0 Å². The van der Waals surface area contributed by atoms with Crippen molar-refractivity contribution in [2.45, 2.75) is 12.8 Å². The zero-order chi connectivity index (χ0) is 5.11. The summed E-state index contributed by atoms with van der Waals surface area (Å²) < 4.78 is 0. The minimum absolute atomic E-state index is 0.800. The highest BCUT2D eigenvalue weighted by Gasteiger charge is 2.13. The molecule has 0 N–H and O–H groups in total. The van der Waals surface area contributed by atoms with E-state index in [1.165, 1.54) is 12.6 Å². The highest BCUT2D eigenvalue weighted by molar-refractivity contribution is 7.58. The minimum Gasteiger partial charge on any atom is -0.361 e. The molecule has 0 aromatic heterocycles. The number of hydrogen-bond acceptors (Lipinski definition) is 0. The van der Waals surface area contributed by atoms with Gasteiger partial charge >= 0.3 is 0 Å². The molecule has 7 heavy (non-hydrogen) atoms. The Balaban J connectivity index is 2.57. The fourth-order valence-electron chi connectivity index (χ4n) is 0.662. The van der Waals surface area contributed by atoms with Gasteiger partial charge < -0.3 is 5.53 Å². The molecule has 0 saturated carbocycles. The van der Waals surface area contributed by atoms with Crippen LogP contribution in [-0.2, 0) is 0 Å². The summed E-state index contributed by atoms with van der Waals surface area (Å²) in [5.74, 6) is 0. The van der Waals surface area contributed by atoms with Crippen molar-refractivity contribution >= 4 is 14.0 Å². The van der Waals surface area contributed by atoms with Crippen molar-refractivity contribution in [2.75, 3.05) is 6.16 Å². The second kappa shape index (κ2) is 2.20. The second-order valence-electron chi connectivity index (χ2n) is 1.58. The van der Waals surface area contributed by atoms with Gasteiger partial charge in [0.1, 0.15) is 0 Å². The van der Waals surface area contributed by atoms with Crippen LogP contribution in [0.1, 0.15) is 12.8 Å². The average Bonchev–Trinajstić information content (AvgIpc) is 2.14. The van der Waals surface area contributed by atoms with Crippen LogP contribution in [0.4, 0.5) is 0 Å². The van der Waals surface area contributed by atoms with E-state index < -0.39 is 0 Å². The maximum Gasteiger partial charge on any atom is 0.284 e. The molecule has 38 valence electrons. The highest BCUT2D eigenvalue weighted by Crippen LogP contribution is 2.24. The van der Waals surface area contributed by atoms with Crippen molar-refractivity contribution in [3.63, 3.8) is 0 Å². The third kappa shape index (κ3) is 1.09. The smallest absolute Gasteiger partial charge is 0.284 e. The predicted molar refractivity (Wildman–Crippen MR) is 31.0 cm³/mol. The number of nitrogens with zero attached hydrogens (tertiary/aromatic N) is 2. The van der Waals surface area contributed by atoms with Gasteiger partial charge in [-0.3, -0.25) is 0 Å². The van der Waals surface area contributed by atoms with E-state index in [4.69, 9.17) is 5.53 Å². The normalized spacial score (nSPS) is 23.1. The first kappa shape index (κ1) is 4.96. The molecule has 1 unspecified atom stereocenters. The quantitative estimate of drug-likeness (QED) is 0.257. The molecule has 2 nitrogen and oxygen atoms in total. The Morgan fingerprint density at radius 1 is 1.71 bits per heavy atom. The van der Waals surface area contributed by atoms with Crippen LogP contribution in [0.2, 0.25) is 0 Å². The Labute approximate surface area is 44.3 Å². The monoisotopic (exact) mass is 114 g/mol. The lowest BCUT2D eigenvalue weighted by Crippen LogP contribution is -1.78. The summed E-state index contributed by atoms with van der Waals surface area (Å²) in [4.78, 5) is 3.12. The summed E-state index contributed by atoms with van der Waals surface area (Å²) in [5, 5.41) is 0. The summed E-state index contributed by atoms with van der Waals surface area (Å²) >= 11 is 0. The Bertz CT molecular complexity index is 107. The molecule has 0 spiro atoms. The van der Waals surface area contributed by atoms with Crippen molar-refractivity contribution in [2.24, 2.45) is 0 Å². The van der Waals surface area contributed by atoms with E-state index in [0.29, 0.717) is 0 Å². The summed E-state index contributed by atoms with van der Waals surface area (Å²) in [6.07, 6.45) is 3.48. The van der Waals surface area contributed by atoms with Crippen LogP contribution in [0, 0.1) is 0 Å². The predicted octanol–water partition coefficient (Wildman–Crippen LogP) is 1.09. The van der Waals surface area contributed by atoms with Crippen LogP contribution in [0.3, 0.4) is 0 Å². The van der Waals surface area contributed by atoms with Gasteiger partial charge in [0.25, 0.3) is 5.45 Å². The van der Waals surface area contributed by atoms with Crippen LogP contribution in [0.25, 0.3) is 5.53 Å². The Morgan fingerprint density at radius 2 is 2.57 bits per heavy atom. The van der Waals surface area contributed by atoms with Gasteiger partial charge in [-0.25, -0.2) is 0 Å². The van der Waals surface area contributed by atoms with Gasteiger partial charge in [0.15, 0.2) is 0 Å². The highest BCUT2D eigenvalue weighted by atomic mass is 31.1. The Hall–Kier alpha value is -0.190. The fraction of sp³-hybridized carbons (Fsp3) is 0.750. The average molecular weight is 114 g/mol. The third-order valence-corrected chi connectivity index (χ3v) is 2.40. The molecule has 0 bridgehead atoms. The zero-order valence-electron chi connectivity index (χ0n) is 4.02. The first-order valence-corrected chi connectivity index (χ1v) is 3.59. The van der Waals surface area contributed by atoms with E-state index in [1.807, 2.05) is 0 Å². The lowest BCUT2D eigenvalue weighted by molar-refractivity contribution is -0.00210. The van der Waals surface area contributed by atoms with Crippen LogP contribution < -0.4 is 0 Å². The number of rotatable bonds is 0. The molecule has 0 aromatic carbocycles. The van der Waals surface area contributed by atoms with Crippen LogP contribution in [-0.4, -0.2) is 16.4 Å². The Kier molecular flexibility index (Phi) is 1.56. The SMILES string of the molecule is [N-]=[N+]=C1CCCP1. The van der Waals surface area contributed by atoms with E-state index in [2.05, 4.69) is 4.79 Å². The molecule has 1 heterocycles. The molecule has 1 aliphatic heterocycles. The molecule has 1 atom stereocenters. The van der Waals surface area contributed by atoms with Gasteiger partial charge in [-0.15, -0.1) is 0 Å². The van der Waals surface area contributed by atoms with Gasteiger partial charge in [-0.05, 0) is 21.2 Å². The van der Waals surface area contributed by atoms with E-state index in [1.54, 1.807) is 0 Å². The molecule has 3 heteroatoms. The van der Waals surface area contributed by atoms with Crippen molar-refractivity contribution in [3.8, 4) is 0 Å². The van der Waals surface area contributed by atoms with E-state index in [9.17, 15) is 0 Å². The summed E-state index contributed by atoms with van der Waals surface area (Å²) in [6, 6.07) is 0. The van der Waals surface area contributed by atoms with Crippen LogP contribution >= 0.6 is 8.58 Å². The van der Waals surface area contributed by atoms with Gasteiger partial charge in [0.05, 0.1) is 0 Å². The maximum atomic E-state index is 8.16. The summed E-state index contributed by atoms with van der Waals surface area (Å²) in [7, 11) is 0.800. The largest absolute Gasteiger partial charge is 0.361 e. The van der Waals surface area contributed by atoms with E-state index >= 15 is 0 Å². The molecule has 1 aliphatic rings. The van der Waals surface area contributed by atoms with Gasteiger partial charge in [-0.2, -0.15) is 4.79 Å². The van der Waals surface area contributed by atoms with Crippen molar-refractivity contribution in [3.05, 3.63) is 5.53 Å². The Morgan fingerprint density at radius 3 is 2.86 bits per heavy atom. The van der Waals surface area contributed by atoms with Gasteiger partial charge in [0.2, 0.25) is 0 Å². The van der Waals surface area contributed by atoms with Crippen molar-refractivity contribution in [1.82, 2.24) is 0 Å². The van der Waals surface area contributed by atoms with Crippen molar-refractivity contribution in [1.29, 1.82) is 0 Å². The lowest BCUT2D eigenvalue weighted by atomic mass is 10.4. The zero-order valence-corrected chi connectivity index (χ0v) is 5.02. The number of hydrogen-bond donors (Lipinski definition) is 0. The minimum atomic E-state index is 0.800. The van der Waals surface area contributed by atoms with E-state index in [0.717, 1.165) is 20.5 Å².